The van der Waals surface area contributed by atoms with Crippen molar-refractivity contribution in [3.05, 3.63) is 76.5 Å². The molecule has 0 aliphatic carbocycles. The molecule has 0 unspecified atom stereocenters. The Morgan fingerprint density at radius 1 is 1.07 bits per heavy atom. The molecule has 0 radical (unpaired) electrons. The first-order valence-corrected chi connectivity index (χ1v) is 9.75. The number of aromatic nitrogens is 3. The Morgan fingerprint density at radius 3 is 2.72 bits per heavy atom. The highest BCUT2D eigenvalue weighted by molar-refractivity contribution is 5.94. The molecule has 2 atom stereocenters. The van der Waals surface area contributed by atoms with Gasteiger partial charge in [0.25, 0.3) is 11.5 Å². The lowest BCUT2D eigenvalue weighted by Crippen LogP contribution is -2.49. The first-order valence-electron chi connectivity index (χ1n) is 9.75. The molecule has 0 spiro atoms. The van der Waals surface area contributed by atoms with Crippen LogP contribution in [0, 0.1) is 5.92 Å². The molecule has 29 heavy (non-hydrogen) atoms. The molecule has 146 valence electrons. The average molecular weight is 387 g/mol. The highest BCUT2D eigenvalue weighted by Gasteiger charge is 2.37. The van der Waals surface area contributed by atoms with Crippen LogP contribution in [-0.2, 0) is 6.54 Å². The van der Waals surface area contributed by atoms with Gasteiger partial charge in [0.2, 0.25) is 0 Å². The lowest BCUT2D eigenvalue weighted by molar-refractivity contribution is 0.0594. The number of nitrogens with zero attached hydrogens (tertiary/aromatic N) is 4. The van der Waals surface area contributed by atoms with E-state index >= 15 is 0 Å². The summed E-state index contributed by atoms with van der Waals surface area (Å²) in [6, 6.07) is 12.8. The maximum absolute atomic E-state index is 13.0. The van der Waals surface area contributed by atoms with Crippen molar-refractivity contribution in [3.63, 3.8) is 0 Å². The van der Waals surface area contributed by atoms with E-state index in [4.69, 9.17) is 5.73 Å². The number of nitrogen functional groups attached to an aromatic ring is 1. The molecular formula is C22H21N5O2. The Balaban J connectivity index is 1.48. The van der Waals surface area contributed by atoms with E-state index < -0.39 is 0 Å². The topological polar surface area (TPSA) is 94.1 Å². The number of amides is 1. The standard InChI is InChI=1S/C22H21N5O2/c23-20-5-4-15(10-25-20)22(29)26-11-14-7-17(13-26)19-8-16(9-21(28)27(19)12-14)18-3-1-2-6-24-18/h1-6,8-10,14,17H,7,11-13H2,(H2,23,25)/t14-,17+/m0/s1. The number of carbonyl (C=O) groups is 1. The van der Waals surface area contributed by atoms with Crippen LogP contribution >= 0.6 is 0 Å². The van der Waals surface area contributed by atoms with E-state index in [1.165, 1.54) is 6.20 Å². The highest BCUT2D eigenvalue weighted by Crippen LogP contribution is 2.36. The summed E-state index contributed by atoms with van der Waals surface area (Å²) in [7, 11) is 0. The number of pyridine rings is 3. The first kappa shape index (κ1) is 17.6. The summed E-state index contributed by atoms with van der Waals surface area (Å²) in [5.74, 6) is 0.756. The van der Waals surface area contributed by atoms with E-state index in [0.29, 0.717) is 31.0 Å². The Morgan fingerprint density at radius 2 is 1.97 bits per heavy atom. The lowest BCUT2D eigenvalue weighted by Gasteiger charge is -2.43. The first-order chi connectivity index (χ1) is 14.1. The molecule has 2 N–H and O–H groups in total. The van der Waals surface area contributed by atoms with Crippen molar-refractivity contribution < 1.29 is 4.79 Å². The molecule has 7 nitrogen and oxygen atoms in total. The molecule has 2 aliphatic rings. The molecule has 3 aromatic heterocycles. The minimum absolute atomic E-state index is 0.000337. The van der Waals surface area contributed by atoms with Gasteiger partial charge in [-0.15, -0.1) is 0 Å². The third kappa shape index (κ3) is 3.18. The van der Waals surface area contributed by atoms with Gasteiger partial charge in [-0.25, -0.2) is 4.98 Å². The predicted octanol–water partition coefficient (Wildman–Crippen LogP) is 2.15. The lowest BCUT2D eigenvalue weighted by atomic mass is 9.82. The number of nitrogens with two attached hydrogens (primary N) is 1. The smallest absolute Gasteiger partial charge is 0.255 e. The molecule has 5 rings (SSSR count). The molecular weight excluding hydrogens is 366 g/mol. The number of hydrogen-bond donors (Lipinski definition) is 1. The summed E-state index contributed by atoms with van der Waals surface area (Å²) >= 11 is 0. The van der Waals surface area contributed by atoms with Gasteiger partial charge in [-0.1, -0.05) is 6.07 Å². The Bertz CT molecular complexity index is 1120. The van der Waals surface area contributed by atoms with Gasteiger partial charge in [-0.2, -0.15) is 0 Å². The van der Waals surface area contributed by atoms with Crippen molar-refractivity contribution in [2.24, 2.45) is 5.92 Å². The van der Waals surface area contributed by atoms with Crippen LogP contribution in [0.15, 0.2) is 59.7 Å². The minimum atomic E-state index is -0.0381. The number of piperidine rings is 1. The van der Waals surface area contributed by atoms with E-state index in [0.717, 1.165) is 23.4 Å². The zero-order chi connectivity index (χ0) is 20.0. The van der Waals surface area contributed by atoms with E-state index in [1.54, 1.807) is 24.4 Å². The Labute approximate surface area is 167 Å². The van der Waals surface area contributed by atoms with Crippen LogP contribution < -0.4 is 11.3 Å². The third-order valence-corrected chi connectivity index (χ3v) is 5.84. The summed E-state index contributed by atoms with van der Waals surface area (Å²) in [6.45, 7) is 1.87. The van der Waals surface area contributed by atoms with Crippen LogP contribution in [0.1, 0.15) is 28.4 Å². The second-order valence-electron chi connectivity index (χ2n) is 7.81. The van der Waals surface area contributed by atoms with Gasteiger partial charge in [0, 0.05) is 55.3 Å². The van der Waals surface area contributed by atoms with Gasteiger partial charge in [-0.05, 0) is 42.7 Å². The van der Waals surface area contributed by atoms with E-state index in [1.807, 2.05) is 27.7 Å². The zero-order valence-corrected chi connectivity index (χ0v) is 15.9. The van der Waals surface area contributed by atoms with Crippen LogP contribution in [-0.4, -0.2) is 38.4 Å². The van der Waals surface area contributed by atoms with Crippen molar-refractivity contribution >= 4 is 11.7 Å². The molecule has 0 aromatic carbocycles. The summed E-state index contributed by atoms with van der Waals surface area (Å²) < 4.78 is 1.87. The number of carbonyl (C=O) groups excluding carboxylic acids is 1. The molecule has 1 amide bonds. The number of anilines is 1. The SMILES string of the molecule is Nc1ccc(C(=O)N2C[C@@H]3C[C@H](C2)c2cc(-c4ccccn4)cc(=O)n2C3)cn1. The van der Waals surface area contributed by atoms with Crippen molar-refractivity contribution in [2.45, 2.75) is 18.9 Å². The second kappa shape index (κ2) is 6.84. The Kier molecular flexibility index (Phi) is 4.16. The van der Waals surface area contributed by atoms with Gasteiger partial charge >= 0.3 is 0 Å². The number of rotatable bonds is 2. The van der Waals surface area contributed by atoms with Gasteiger partial charge in [0.05, 0.1) is 11.3 Å². The van der Waals surface area contributed by atoms with Crippen LogP contribution in [0.3, 0.4) is 0 Å². The van der Waals surface area contributed by atoms with Gasteiger partial charge < -0.3 is 15.2 Å². The maximum Gasteiger partial charge on any atom is 0.255 e. The molecule has 2 aliphatic heterocycles. The van der Waals surface area contributed by atoms with Gasteiger partial charge in [0.15, 0.2) is 0 Å². The molecule has 1 saturated heterocycles. The highest BCUT2D eigenvalue weighted by atomic mass is 16.2. The minimum Gasteiger partial charge on any atom is -0.384 e. The van der Waals surface area contributed by atoms with Crippen molar-refractivity contribution in [1.29, 1.82) is 0 Å². The fraction of sp³-hybridized carbons (Fsp3) is 0.273. The Hall–Kier alpha value is -3.48. The average Bonchev–Trinajstić information content (AvgIpc) is 2.75. The molecule has 3 aromatic rings. The normalized spacial score (nSPS) is 20.2. The zero-order valence-electron chi connectivity index (χ0n) is 15.9. The van der Waals surface area contributed by atoms with Crippen molar-refractivity contribution in [3.8, 4) is 11.3 Å². The fourth-order valence-electron chi connectivity index (χ4n) is 4.52. The summed E-state index contributed by atoms with van der Waals surface area (Å²) in [4.78, 5) is 36.1. The van der Waals surface area contributed by atoms with Gasteiger partial charge in [0.1, 0.15) is 5.82 Å². The summed E-state index contributed by atoms with van der Waals surface area (Å²) in [5.41, 5.74) is 8.77. The van der Waals surface area contributed by atoms with E-state index in [2.05, 4.69) is 16.0 Å². The van der Waals surface area contributed by atoms with Crippen LogP contribution in [0.4, 0.5) is 5.82 Å². The molecule has 2 bridgehead atoms. The summed E-state index contributed by atoms with van der Waals surface area (Å²) in [6.07, 6.45) is 4.23. The van der Waals surface area contributed by atoms with Crippen molar-refractivity contribution in [1.82, 2.24) is 19.4 Å². The van der Waals surface area contributed by atoms with Gasteiger partial charge in [-0.3, -0.25) is 14.6 Å². The summed E-state index contributed by atoms with van der Waals surface area (Å²) in [5, 5.41) is 0. The number of likely N-dealkylation sites (tertiary alicyclic amines) is 1. The predicted molar refractivity (Wildman–Crippen MR) is 109 cm³/mol. The quantitative estimate of drug-likeness (QED) is 0.727. The molecule has 7 heteroatoms. The van der Waals surface area contributed by atoms with E-state index in [-0.39, 0.29) is 23.3 Å². The maximum atomic E-state index is 13.0. The number of hydrogen-bond acceptors (Lipinski definition) is 5. The fourth-order valence-corrected chi connectivity index (χ4v) is 4.52. The monoisotopic (exact) mass is 387 g/mol. The largest absolute Gasteiger partial charge is 0.384 e. The third-order valence-electron chi connectivity index (χ3n) is 5.84. The van der Waals surface area contributed by atoms with Crippen LogP contribution in [0.25, 0.3) is 11.3 Å². The van der Waals surface area contributed by atoms with Crippen LogP contribution in [0.5, 0.6) is 0 Å². The van der Waals surface area contributed by atoms with E-state index in [9.17, 15) is 9.59 Å². The molecule has 0 saturated carbocycles. The molecule has 5 heterocycles. The molecule has 1 fully saturated rings. The van der Waals surface area contributed by atoms with Crippen molar-refractivity contribution in [2.75, 3.05) is 18.8 Å². The number of fused-ring (bicyclic) bond motifs is 4. The second-order valence-corrected chi connectivity index (χ2v) is 7.81. The van der Waals surface area contributed by atoms with Crippen LogP contribution in [0.2, 0.25) is 0 Å².